The van der Waals surface area contributed by atoms with E-state index in [1.54, 1.807) is 7.11 Å². The molecular weight excluding hydrogens is 324 g/mol. The Balaban J connectivity index is 0.00000288. The highest BCUT2D eigenvalue weighted by Gasteiger charge is 2.43. The lowest BCUT2D eigenvalue weighted by Gasteiger charge is -2.40. The summed E-state index contributed by atoms with van der Waals surface area (Å²) < 4.78 is 5.14. The monoisotopic (exact) mass is 354 g/mol. The van der Waals surface area contributed by atoms with E-state index in [1.165, 1.54) is 5.56 Å². The van der Waals surface area contributed by atoms with Gasteiger partial charge in [0.2, 0.25) is 5.91 Å². The van der Waals surface area contributed by atoms with Crippen molar-refractivity contribution >= 4 is 18.3 Å². The molecule has 1 aromatic rings. The number of nitrogens with one attached hydrogen (secondary N) is 1. The fourth-order valence-corrected chi connectivity index (χ4v) is 3.13. The Labute approximate surface area is 151 Å². The molecule has 0 saturated heterocycles. The molecule has 0 radical (unpaired) electrons. The molecule has 1 aliphatic rings. The van der Waals surface area contributed by atoms with E-state index >= 15 is 0 Å². The van der Waals surface area contributed by atoms with Gasteiger partial charge < -0.3 is 15.8 Å². The molecule has 0 heterocycles. The van der Waals surface area contributed by atoms with Gasteiger partial charge in [0.1, 0.15) is 0 Å². The van der Waals surface area contributed by atoms with Crippen LogP contribution in [0, 0.1) is 5.41 Å². The Bertz CT molecular complexity index is 513. The summed E-state index contributed by atoms with van der Waals surface area (Å²) in [5.41, 5.74) is 8.38. The maximum absolute atomic E-state index is 12.5. The Kier molecular flexibility index (Phi) is 8.20. The summed E-state index contributed by atoms with van der Waals surface area (Å²) in [5.74, 6) is 0.647. The highest BCUT2D eigenvalue weighted by Crippen LogP contribution is 2.44. The van der Waals surface area contributed by atoms with Crippen molar-refractivity contribution in [2.45, 2.75) is 51.5 Å². The zero-order valence-electron chi connectivity index (χ0n) is 15.0. The second-order valence-electron chi connectivity index (χ2n) is 7.01. The number of carbonyl (C=O) groups excluding carboxylic acids is 1. The summed E-state index contributed by atoms with van der Waals surface area (Å²) in [6, 6.07) is 8.20. The van der Waals surface area contributed by atoms with E-state index in [0.717, 1.165) is 31.2 Å². The summed E-state index contributed by atoms with van der Waals surface area (Å²) in [5, 5.41) is 3.05. The van der Waals surface area contributed by atoms with Crippen LogP contribution in [-0.2, 0) is 9.53 Å². The minimum Gasteiger partial charge on any atom is -0.385 e. The van der Waals surface area contributed by atoms with Gasteiger partial charge in [-0.05, 0) is 36.3 Å². The molecular formula is C19H31ClN2O2. The van der Waals surface area contributed by atoms with Crippen LogP contribution in [0.4, 0.5) is 0 Å². The average molecular weight is 355 g/mol. The zero-order chi connectivity index (χ0) is 16.9. The van der Waals surface area contributed by atoms with Crippen molar-refractivity contribution in [3.05, 3.63) is 35.4 Å². The first-order chi connectivity index (χ1) is 11.0. The Morgan fingerprint density at radius 1 is 1.25 bits per heavy atom. The highest BCUT2D eigenvalue weighted by atomic mass is 35.5. The zero-order valence-corrected chi connectivity index (χ0v) is 15.8. The van der Waals surface area contributed by atoms with Gasteiger partial charge in [0.05, 0.1) is 5.41 Å². The van der Waals surface area contributed by atoms with Crippen molar-refractivity contribution in [3.63, 3.8) is 0 Å². The van der Waals surface area contributed by atoms with Crippen LogP contribution >= 0.6 is 12.4 Å². The van der Waals surface area contributed by atoms with E-state index in [9.17, 15) is 4.79 Å². The number of methoxy groups -OCH3 is 1. The van der Waals surface area contributed by atoms with Gasteiger partial charge in [0.15, 0.2) is 0 Å². The van der Waals surface area contributed by atoms with Crippen LogP contribution in [0.1, 0.15) is 62.6 Å². The van der Waals surface area contributed by atoms with Crippen molar-refractivity contribution in [2.75, 3.05) is 20.3 Å². The second-order valence-corrected chi connectivity index (χ2v) is 7.01. The summed E-state index contributed by atoms with van der Waals surface area (Å²) in [7, 11) is 1.68. The number of nitrogens with two attached hydrogens (primary N) is 1. The molecule has 136 valence electrons. The molecule has 3 N–H and O–H groups in total. The van der Waals surface area contributed by atoms with Crippen LogP contribution in [0.3, 0.4) is 0 Å². The molecule has 1 atom stereocenters. The summed E-state index contributed by atoms with van der Waals surface area (Å²) >= 11 is 0. The summed E-state index contributed by atoms with van der Waals surface area (Å²) in [6.45, 7) is 5.46. The lowest BCUT2D eigenvalue weighted by atomic mass is 9.66. The van der Waals surface area contributed by atoms with Crippen LogP contribution in [0.2, 0.25) is 0 Å². The van der Waals surface area contributed by atoms with E-state index < -0.39 is 0 Å². The van der Waals surface area contributed by atoms with Crippen molar-refractivity contribution < 1.29 is 9.53 Å². The first-order valence-electron chi connectivity index (χ1n) is 8.61. The van der Waals surface area contributed by atoms with Crippen LogP contribution in [-0.4, -0.2) is 26.2 Å². The third-order valence-corrected chi connectivity index (χ3v) is 5.09. The molecule has 24 heavy (non-hydrogen) atoms. The molecule has 5 heteroatoms. The molecule has 1 saturated carbocycles. The number of rotatable bonds is 8. The van der Waals surface area contributed by atoms with Crippen molar-refractivity contribution in [1.82, 2.24) is 5.32 Å². The van der Waals surface area contributed by atoms with Gasteiger partial charge in [-0.15, -0.1) is 12.4 Å². The van der Waals surface area contributed by atoms with Gasteiger partial charge in [-0.3, -0.25) is 4.79 Å². The van der Waals surface area contributed by atoms with Crippen molar-refractivity contribution in [1.29, 1.82) is 0 Å². The molecule has 1 fully saturated rings. The smallest absolute Gasteiger partial charge is 0.226 e. The molecule has 0 bridgehead atoms. The van der Waals surface area contributed by atoms with Gasteiger partial charge >= 0.3 is 0 Å². The lowest BCUT2D eigenvalue weighted by molar-refractivity contribution is -0.137. The van der Waals surface area contributed by atoms with E-state index in [4.69, 9.17) is 10.5 Å². The van der Waals surface area contributed by atoms with Gasteiger partial charge in [-0.2, -0.15) is 0 Å². The van der Waals surface area contributed by atoms with Crippen molar-refractivity contribution in [2.24, 2.45) is 11.1 Å². The van der Waals surface area contributed by atoms with Gasteiger partial charge in [0.25, 0.3) is 0 Å². The van der Waals surface area contributed by atoms with E-state index in [2.05, 4.69) is 43.4 Å². The first-order valence-corrected chi connectivity index (χ1v) is 8.61. The molecule has 0 aromatic heterocycles. The molecule has 2 rings (SSSR count). The average Bonchev–Trinajstić information content (AvgIpc) is 2.51. The highest BCUT2D eigenvalue weighted by molar-refractivity contribution is 5.85. The normalized spacial score (nSPS) is 16.9. The molecule has 1 amide bonds. The van der Waals surface area contributed by atoms with Gasteiger partial charge in [0, 0.05) is 26.3 Å². The number of benzene rings is 1. The lowest BCUT2D eigenvalue weighted by Crippen LogP contribution is -2.47. The minimum atomic E-state index is -0.225. The number of halogens is 1. The van der Waals surface area contributed by atoms with E-state index in [0.29, 0.717) is 19.1 Å². The van der Waals surface area contributed by atoms with Gasteiger partial charge in [-0.25, -0.2) is 0 Å². The van der Waals surface area contributed by atoms with Crippen LogP contribution in [0.5, 0.6) is 0 Å². The minimum absolute atomic E-state index is 0. The third kappa shape index (κ3) is 4.95. The number of hydrogen-bond donors (Lipinski definition) is 2. The predicted molar refractivity (Wildman–Crippen MR) is 100 cm³/mol. The molecule has 1 aromatic carbocycles. The maximum Gasteiger partial charge on any atom is 0.226 e. The van der Waals surface area contributed by atoms with Crippen LogP contribution < -0.4 is 11.1 Å². The molecule has 1 aliphatic carbocycles. The number of hydrogen-bond acceptors (Lipinski definition) is 3. The fraction of sp³-hybridized carbons (Fsp3) is 0.632. The number of carbonyl (C=O) groups is 1. The third-order valence-electron chi connectivity index (χ3n) is 5.09. The SMILES string of the molecule is COCCC1(C(=O)NCC(N)c2ccc(C(C)C)cc2)CCC1.Cl. The molecule has 1 unspecified atom stereocenters. The first kappa shape index (κ1) is 20.9. The largest absolute Gasteiger partial charge is 0.385 e. The second kappa shape index (κ2) is 9.40. The van der Waals surface area contributed by atoms with Crippen LogP contribution in [0.15, 0.2) is 24.3 Å². The summed E-state index contributed by atoms with van der Waals surface area (Å²) in [4.78, 5) is 12.5. The Morgan fingerprint density at radius 2 is 1.83 bits per heavy atom. The number of amides is 1. The van der Waals surface area contributed by atoms with E-state index in [1.807, 2.05) is 0 Å². The van der Waals surface area contributed by atoms with Gasteiger partial charge in [-0.1, -0.05) is 44.5 Å². The molecule has 0 spiro atoms. The number of ether oxygens (including phenoxy) is 1. The Hall–Kier alpha value is -1.10. The maximum atomic E-state index is 12.5. The summed E-state index contributed by atoms with van der Waals surface area (Å²) in [6.07, 6.45) is 3.84. The standard InChI is InChI=1S/C19H30N2O2.ClH/c1-14(2)15-5-7-16(8-6-15)17(20)13-21-18(22)19(9-4-10-19)11-12-23-3;/h5-8,14,17H,4,9-13,20H2,1-3H3,(H,21,22);1H. The van der Waals surface area contributed by atoms with Crippen LogP contribution in [0.25, 0.3) is 0 Å². The quantitative estimate of drug-likeness (QED) is 0.750. The topological polar surface area (TPSA) is 64.3 Å². The fourth-order valence-electron chi connectivity index (χ4n) is 3.13. The molecule has 4 nitrogen and oxygen atoms in total. The predicted octanol–water partition coefficient (Wildman–Crippen LogP) is 3.55. The molecule has 0 aliphatic heterocycles. The van der Waals surface area contributed by atoms with E-state index in [-0.39, 0.29) is 29.8 Å². The Morgan fingerprint density at radius 3 is 2.29 bits per heavy atom. The van der Waals surface area contributed by atoms with Crippen molar-refractivity contribution in [3.8, 4) is 0 Å².